The van der Waals surface area contributed by atoms with E-state index in [4.69, 9.17) is 11.6 Å². The van der Waals surface area contributed by atoms with Crippen LogP contribution in [0.4, 0.5) is 5.69 Å². The Hall–Kier alpha value is -3.36. The lowest BCUT2D eigenvalue weighted by atomic mass is 9.95. The lowest BCUT2D eigenvalue weighted by Crippen LogP contribution is -2.53. The van der Waals surface area contributed by atoms with Crippen molar-refractivity contribution in [1.82, 2.24) is 10.2 Å². The summed E-state index contributed by atoms with van der Waals surface area (Å²) in [5.41, 5.74) is 2.73. The molecule has 0 aromatic heterocycles. The molecule has 41 heavy (non-hydrogen) atoms. The molecule has 7 nitrogen and oxygen atoms in total. The molecule has 2 amide bonds. The number of nitrogens with one attached hydrogen (secondary N) is 1. The Morgan fingerprint density at radius 1 is 0.951 bits per heavy atom. The van der Waals surface area contributed by atoms with Crippen LogP contribution in [0.2, 0.25) is 5.02 Å². The van der Waals surface area contributed by atoms with Crippen LogP contribution in [0.3, 0.4) is 0 Å². The van der Waals surface area contributed by atoms with Crippen LogP contribution in [-0.4, -0.2) is 43.8 Å². The fraction of sp³-hybridized carbons (Fsp3) is 0.375. The van der Waals surface area contributed by atoms with Gasteiger partial charge in [0.2, 0.25) is 11.8 Å². The van der Waals surface area contributed by atoms with Crippen LogP contribution in [0, 0.1) is 13.8 Å². The maximum absolute atomic E-state index is 14.1. The smallest absolute Gasteiger partial charge is 0.264 e. The molecule has 9 heteroatoms. The molecule has 3 aromatic rings. The molecule has 0 unspecified atom stereocenters. The monoisotopic (exact) mass is 595 g/mol. The number of carbonyl (C=O) groups is 2. The molecule has 1 aliphatic carbocycles. The number of nitrogens with zero attached hydrogens (tertiary/aromatic N) is 2. The first-order valence-corrected chi connectivity index (χ1v) is 15.9. The Balaban J connectivity index is 1.70. The summed E-state index contributed by atoms with van der Waals surface area (Å²) in [6.45, 7) is 5.05. The minimum atomic E-state index is -4.14. The summed E-state index contributed by atoms with van der Waals surface area (Å²) in [5.74, 6) is -0.731. The summed E-state index contributed by atoms with van der Waals surface area (Å²) in [4.78, 5) is 29.1. The maximum Gasteiger partial charge on any atom is 0.264 e. The van der Waals surface area contributed by atoms with Gasteiger partial charge in [0, 0.05) is 17.6 Å². The van der Waals surface area contributed by atoms with E-state index in [2.05, 4.69) is 5.32 Å². The third kappa shape index (κ3) is 7.49. The predicted molar refractivity (Wildman–Crippen MR) is 163 cm³/mol. The largest absolute Gasteiger partial charge is 0.352 e. The van der Waals surface area contributed by atoms with Crippen LogP contribution in [0.5, 0.6) is 0 Å². The molecule has 0 aliphatic heterocycles. The summed E-state index contributed by atoms with van der Waals surface area (Å²) >= 11 is 6.39. The molecule has 0 heterocycles. The SMILES string of the molecule is Cc1cccc(CN(C(=O)CN(c2cccc(Cl)c2C)S(=O)(=O)c2ccccc2)[C@@H](C)C(=O)NC2CCCCC2)c1. The number of hydrogen-bond acceptors (Lipinski definition) is 4. The van der Waals surface area contributed by atoms with E-state index in [1.165, 1.54) is 17.0 Å². The van der Waals surface area contributed by atoms with Crippen LogP contribution in [0.25, 0.3) is 0 Å². The molecule has 1 N–H and O–H groups in total. The van der Waals surface area contributed by atoms with Crippen molar-refractivity contribution in [2.75, 3.05) is 10.8 Å². The summed E-state index contributed by atoms with van der Waals surface area (Å²) < 4.78 is 29.0. The first-order chi connectivity index (χ1) is 19.6. The van der Waals surface area contributed by atoms with Crippen LogP contribution < -0.4 is 9.62 Å². The van der Waals surface area contributed by atoms with E-state index in [0.717, 1.165) is 47.5 Å². The predicted octanol–water partition coefficient (Wildman–Crippen LogP) is 6.02. The average molecular weight is 596 g/mol. The second-order valence-electron chi connectivity index (χ2n) is 10.7. The average Bonchev–Trinajstić information content (AvgIpc) is 2.97. The molecule has 0 spiro atoms. The molecule has 4 rings (SSSR count). The molecule has 0 saturated heterocycles. The van der Waals surface area contributed by atoms with Crippen LogP contribution in [0.15, 0.2) is 77.7 Å². The molecule has 0 bridgehead atoms. The fourth-order valence-electron chi connectivity index (χ4n) is 5.26. The van der Waals surface area contributed by atoms with Crippen molar-refractivity contribution in [3.63, 3.8) is 0 Å². The summed E-state index contributed by atoms with van der Waals surface area (Å²) in [6, 6.07) is 20.0. The van der Waals surface area contributed by atoms with E-state index >= 15 is 0 Å². The number of halogens is 1. The van der Waals surface area contributed by atoms with Crippen molar-refractivity contribution >= 4 is 39.1 Å². The van der Waals surface area contributed by atoms with Crippen LogP contribution >= 0.6 is 11.6 Å². The third-order valence-corrected chi connectivity index (χ3v) is 9.86. The Labute approximate surface area is 248 Å². The Kier molecular flexibility index (Phi) is 10.1. The van der Waals surface area contributed by atoms with Crippen molar-refractivity contribution < 1.29 is 18.0 Å². The first-order valence-electron chi connectivity index (χ1n) is 14.1. The van der Waals surface area contributed by atoms with E-state index < -0.39 is 28.5 Å². The van der Waals surface area contributed by atoms with Crippen molar-refractivity contribution in [2.45, 2.75) is 76.4 Å². The fourth-order valence-corrected chi connectivity index (χ4v) is 6.92. The van der Waals surface area contributed by atoms with Gasteiger partial charge in [-0.25, -0.2) is 8.42 Å². The van der Waals surface area contributed by atoms with E-state index in [0.29, 0.717) is 16.3 Å². The van der Waals surface area contributed by atoms with E-state index in [-0.39, 0.29) is 23.4 Å². The van der Waals surface area contributed by atoms with Crippen molar-refractivity contribution in [2.24, 2.45) is 0 Å². The van der Waals surface area contributed by atoms with Crippen LogP contribution in [0.1, 0.15) is 55.7 Å². The van der Waals surface area contributed by atoms with Gasteiger partial charge in [-0.3, -0.25) is 13.9 Å². The number of amides is 2. The minimum Gasteiger partial charge on any atom is -0.352 e. The van der Waals surface area contributed by atoms with Crippen molar-refractivity contribution in [3.05, 3.63) is 94.5 Å². The number of benzene rings is 3. The molecule has 1 aliphatic rings. The van der Waals surface area contributed by atoms with Gasteiger partial charge in [-0.1, -0.05) is 85.0 Å². The number of sulfonamides is 1. The number of carbonyl (C=O) groups excluding carboxylic acids is 2. The van der Waals surface area contributed by atoms with Gasteiger partial charge in [-0.2, -0.15) is 0 Å². The maximum atomic E-state index is 14.1. The van der Waals surface area contributed by atoms with Crippen LogP contribution in [-0.2, 0) is 26.2 Å². The van der Waals surface area contributed by atoms with E-state index in [9.17, 15) is 18.0 Å². The lowest BCUT2D eigenvalue weighted by molar-refractivity contribution is -0.139. The highest BCUT2D eigenvalue weighted by atomic mass is 35.5. The zero-order valence-corrected chi connectivity index (χ0v) is 25.4. The topological polar surface area (TPSA) is 86.8 Å². The van der Waals surface area contributed by atoms with E-state index in [1.807, 2.05) is 31.2 Å². The van der Waals surface area contributed by atoms with Crippen molar-refractivity contribution in [3.8, 4) is 0 Å². The third-order valence-electron chi connectivity index (χ3n) is 7.67. The molecule has 1 saturated carbocycles. The van der Waals surface area contributed by atoms with Crippen molar-refractivity contribution in [1.29, 1.82) is 0 Å². The number of aryl methyl sites for hydroxylation is 1. The molecule has 1 fully saturated rings. The Bertz CT molecular complexity index is 1470. The van der Waals surface area contributed by atoms with E-state index in [1.54, 1.807) is 50.2 Å². The van der Waals surface area contributed by atoms with Gasteiger partial charge < -0.3 is 10.2 Å². The second kappa shape index (κ2) is 13.5. The second-order valence-corrected chi connectivity index (χ2v) is 13.0. The molecule has 0 radical (unpaired) electrons. The molecule has 1 atom stereocenters. The number of hydrogen-bond donors (Lipinski definition) is 1. The zero-order valence-electron chi connectivity index (χ0n) is 23.8. The Morgan fingerprint density at radius 3 is 2.32 bits per heavy atom. The Morgan fingerprint density at radius 2 is 1.63 bits per heavy atom. The quantitative estimate of drug-likeness (QED) is 0.311. The summed E-state index contributed by atoms with van der Waals surface area (Å²) in [6.07, 6.45) is 5.13. The standard InChI is InChI=1S/C32H38ClN3O4S/c1-23-12-10-13-26(20-23)21-35(25(3)32(38)34-27-14-6-4-7-15-27)31(37)22-36(30-19-11-18-29(33)24(30)2)41(39,40)28-16-8-5-9-17-28/h5,8-13,16-20,25,27H,4,6-7,14-15,21-22H2,1-3H3,(H,34,38)/t25-/m0/s1. The molecule has 218 valence electrons. The first kappa shape index (κ1) is 30.6. The highest BCUT2D eigenvalue weighted by Crippen LogP contribution is 2.31. The van der Waals surface area contributed by atoms with Gasteiger partial charge in [-0.15, -0.1) is 0 Å². The van der Waals surface area contributed by atoms with Gasteiger partial charge in [-0.05, 0) is 69.0 Å². The van der Waals surface area contributed by atoms with Gasteiger partial charge >= 0.3 is 0 Å². The van der Waals surface area contributed by atoms with Gasteiger partial charge in [0.25, 0.3) is 10.0 Å². The van der Waals surface area contributed by atoms with Gasteiger partial charge in [0.1, 0.15) is 12.6 Å². The normalized spacial score (nSPS) is 14.7. The molecular formula is C32H38ClN3O4S. The number of anilines is 1. The lowest BCUT2D eigenvalue weighted by Gasteiger charge is -2.33. The molecule has 3 aromatic carbocycles. The molecular weight excluding hydrogens is 558 g/mol. The number of rotatable bonds is 10. The highest BCUT2D eigenvalue weighted by Gasteiger charge is 2.34. The highest BCUT2D eigenvalue weighted by molar-refractivity contribution is 7.92. The summed E-state index contributed by atoms with van der Waals surface area (Å²) in [5, 5.41) is 3.52. The zero-order chi connectivity index (χ0) is 29.6. The minimum absolute atomic E-state index is 0.0560. The van der Waals surface area contributed by atoms with Gasteiger partial charge in [0.15, 0.2) is 0 Å². The van der Waals surface area contributed by atoms with Gasteiger partial charge in [0.05, 0.1) is 10.6 Å². The summed E-state index contributed by atoms with van der Waals surface area (Å²) in [7, 11) is -4.14.